The number of fused-ring (bicyclic) bond motifs is 1. The van der Waals surface area contributed by atoms with Gasteiger partial charge in [-0.05, 0) is 42.8 Å². The molecule has 0 saturated carbocycles. The molecule has 2 amide bonds. The molecule has 5 heteroatoms. The van der Waals surface area contributed by atoms with Crippen LogP contribution in [0.4, 0.5) is 5.69 Å². The standard InChI is InChI=1S/C15H13N3O2/c1-9(10-4-6-16-7-5-10)17-11-2-3-12-13(8-11)15(20)18-14(12)19/h2-9,17H,1H3,(H,18,19,20). The molecule has 0 saturated heterocycles. The molecule has 0 bridgehead atoms. The molecule has 0 radical (unpaired) electrons. The van der Waals surface area contributed by atoms with Crippen LogP contribution in [0, 0.1) is 0 Å². The first-order valence-corrected chi connectivity index (χ1v) is 6.31. The van der Waals surface area contributed by atoms with Crippen LogP contribution in [-0.2, 0) is 0 Å². The molecule has 0 fully saturated rings. The van der Waals surface area contributed by atoms with E-state index in [0.29, 0.717) is 11.1 Å². The third kappa shape index (κ3) is 2.14. The van der Waals surface area contributed by atoms with Gasteiger partial charge in [0.05, 0.1) is 11.1 Å². The summed E-state index contributed by atoms with van der Waals surface area (Å²) in [7, 11) is 0. The van der Waals surface area contributed by atoms with Crippen LogP contribution < -0.4 is 10.6 Å². The molecule has 2 aromatic rings. The molecule has 5 nitrogen and oxygen atoms in total. The number of imide groups is 1. The molecular weight excluding hydrogens is 254 g/mol. The number of nitrogens with zero attached hydrogens (tertiary/aromatic N) is 1. The average Bonchev–Trinajstić information content (AvgIpc) is 2.75. The number of carbonyl (C=O) groups is 2. The van der Waals surface area contributed by atoms with E-state index in [2.05, 4.69) is 15.6 Å². The van der Waals surface area contributed by atoms with Gasteiger partial charge in [-0.3, -0.25) is 19.9 Å². The Bertz CT molecular complexity index is 683. The molecule has 1 atom stereocenters. The molecule has 2 N–H and O–H groups in total. The van der Waals surface area contributed by atoms with Crippen molar-refractivity contribution in [3.8, 4) is 0 Å². The third-order valence-corrected chi connectivity index (χ3v) is 3.33. The lowest BCUT2D eigenvalue weighted by atomic mass is 10.1. The van der Waals surface area contributed by atoms with Crippen molar-refractivity contribution < 1.29 is 9.59 Å². The Hall–Kier alpha value is -2.69. The van der Waals surface area contributed by atoms with Crippen LogP contribution in [-0.4, -0.2) is 16.8 Å². The highest BCUT2D eigenvalue weighted by Crippen LogP contribution is 2.23. The summed E-state index contributed by atoms with van der Waals surface area (Å²) >= 11 is 0. The molecule has 1 unspecified atom stereocenters. The largest absolute Gasteiger partial charge is 0.378 e. The van der Waals surface area contributed by atoms with E-state index in [0.717, 1.165) is 11.3 Å². The van der Waals surface area contributed by atoms with Crippen LogP contribution in [0.25, 0.3) is 0 Å². The predicted molar refractivity (Wildman–Crippen MR) is 74.5 cm³/mol. The monoisotopic (exact) mass is 267 g/mol. The SMILES string of the molecule is CC(Nc1ccc2c(c1)C(=O)NC2=O)c1ccncc1. The minimum Gasteiger partial charge on any atom is -0.378 e. The number of aromatic nitrogens is 1. The van der Waals surface area contributed by atoms with E-state index in [1.54, 1.807) is 30.6 Å². The predicted octanol–water partition coefficient (Wildman–Crippen LogP) is 2.14. The summed E-state index contributed by atoms with van der Waals surface area (Å²) in [5.74, 6) is -0.677. The maximum atomic E-state index is 11.6. The Morgan fingerprint density at radius 1 is 1.05 bits per heavy atom. The van der Waals surface area contributed by atoms with Crippen molar-refractivity contribution in [2.24, 2.45) is 0 Å². The Labute approximate surface area is 116 Å². The second-order valence-corrected chi connectivity index (χ2v) is 4.69. The Morgan fingerprint density at radius 3 is 2.50 bits per heavy atom. The van der Waals surface area contributed by atoms with E-state index in [4.69, 9.17) is 0 Å². The van der Waals surface area contributed by atoms with Crippen LogP contribution in [0.1, 0.15) is 39.2 Å². The summed E-state index contributed by atoms with van der Waals surface area (Å²) in [5.41, 5.74) is 2.75. The van der Waals surface area contributed by atoms with Crippen LogP contribution >= 0.6 is 0 Å². The van der Waals surface area contributed by atoms with E-state index < -0.39 is 0 Å². The van der Waals surface area contributed by atoms with Crippen molar-refractivity contribution in [1.82, 2.24) is 10.3 Å². The van der Waals surface area contributed by atoms with Gasteiger partial charge in [-0.15, -0.1) is 0 Å². The van der Waals surface area contributed by atoms with Gasteiger partial charge in [0, 0.05) is 24.1 Å². The first kappa shape index (κ1) is 12.3. The average molecular weight is 267 g/mol. The van der Waals surface area contributed by atoms with Crippen LogP contribution in [0.5, 0.6) is 0 Å². The number of pyridine rings is 1. The number of benzene rings is 1. The van der Waals surface area contributed by atoms with Crippen molar-refractivity contribution in [2.45, 2.75) is 13.0 Å². The molecule has 2 heterocycles. The quantitative estimate of drug-likeness (QED) is 0.836. The number of hydrogen-bond donors (Lipinski definition) is 2. The van der Waals surface area contributed by atoms with Gasteiger partial charge in [0.25, 0.3) is 11.8 Å². The number of carbonyl (C=O) groups excluding carboxylic acids is 2. The van der Waals surface area contributed by atoms with E-state index in [-0.39, 0.29) is 17.9 Å². The van der Waals surface area contributed by atoms with Gasteiger partial charge < -0.3 is 5.32 Å². The first-order valence-electron chi connectivity index (χ1n) is 6.31. The second-order valence-electron chi connectivity index (χ2n) is 4.69. The van der Waals surface area contributed by atoms with Crippen LogP contribution in [0.15, 0.2) is 42.7 Å². The smallest absolute Gasteiger partial charge is 0.259 e. The van der Waals surface area contributed by atoms with Gasteiger partial charge in [0.2, 0.25) is 0 Å². The van der Waals surface area contributed by atoms with E-state index >= 15 is 0 Å². The minimum absolute atomic E-state index is 0.0798. The number of hydrogen-bond acceptors (Lipinski definition) is 4. The number of amides is 2. The minimum atomic E-state index is -0.342. The fourth-order valence-corrected chi connectivity index (χ4v) is 2.24. The molecule has 1 aromatic heterocycles. The van der Waals surface area contributed by atoms with Crippen molar-refractivity contribution in [3.63, 3.8) is 0 Å². The van der Waals surface area contributed by atoms with Gasteiger partial charge in [0.15, 0.2) is 0 Å². The van der Waals surface area contributed by atoms with E-state index in [1.165, 1.54) is 0 Å². The number of rotatable bonds is 3. The van der Waals surface area contributed by atoms with Gasteiger partial charge in [-0.1, -0.05) is 0 Å². The molecule has 20 heavy (non-hydrogen) atoms. The summed E-state index contributed by atoms with van der Waals surface area (Å²) in [6.07, 6.45) is 3.48. The molecule has 1 aliphatic rings. The molecule has 1 aromatic carbocycles. The zero-order valence-electron chi connectivity index (χ0n) is 10.9. The highest BCUT2D eigenvalue weighted by Gasteiger charge is 2.26. The van der Waals surface area contributed by atoms with Crippen molar-refractivity contribution >= 4 is 17.5 Å². The summed E-state index contributed by atoms with van der Waals surface area (Å²) in [4.78, 5) is 27.1. The topological polar surface area (TPSA) is 71.1 Å². The summed E-state index contributed by atoms with van der Waals surface area (Å²) in [5, 5.41) is 5.58. The van der Waals surface area contributed by atoms with Crippen molar-refractivity contribution in [2.75, 3.05) is 5.32 Å². The Kier molecular flexibility index (Phi) is 2.95. The highest BCUT2D eigenvalue weighted by molar-refractivity contribution is 6.21. The maximum Gasteiger partial charge on any atom is 0.259 e. The molecule has 0 aliphatic carbocycles. The molecule has 1 aliphatic heterocycles. The van der Waals surface area contributed by atoms with Crippen molar-refractivity contribution in [1.29, 1.82) is 0 Å². The van der Waals surface area contributed by atoms with E-state index in [9.17, 15) is 9.59 Å². The summed E-state index contributed by atoms with van der Waals surface area (Å²) in [6, 6.07) is 9.11. The second kappa shape index (κ2) is 4.77. The van der Waals surface area contributed by atoms with Crippen LogP contribution in [0.2, 0.25) is 0 Å². The lowest BCUT2D eigenvalue weighted by Gasteiger charge is -2.15. The Balaban J connectivity index is 1.84. The van der Waals surface area contributed by atoms with Gasteiger partial charge in [-0.25, -0.2) is 0 Å². The lowest BCUT2D eigenvalue weighted by molar-refractivity contribution is 0.0879. The van der Waals surface area contributed by atoms with Crippen molar-refractivity contribution in [3.05, 3.63) is 59.4 Å². The zero-order valence-corrected chi connectivity index (χ0v) is 10.9. The zero-order chi connectivity index (χ0) is 14.1. The fraction of sp³-hybridized carbons (Fsp3) is 0.133. The van der Waals surface area contributed by atoms with Gasteiger partial charge in [0.1, 0.15) is 0 Å². The molecule has 100 valence electrons. The molecule has 3 rings (SSSR count). The highest BCUT2D eigenvalue weighted by atomic mass is 16.2. The normalized spacial score (nSPS) is 14.7. The Morgan fingerprint density at radius 2 is 1.75 bits per heavy atom. The first-order chi connectivity index (χ1) is 9.65. The van der Waals surface area contributed by atoms with Gasteiger partial charge >= 0.3 is 0 Å². The summed E-state index contributed by atoms with van der Waals surface area (Å²) < 4.78 is 0. The van der Waals surface area contributed by atoms with Crippen LogP contribution in [0.3, 0.4) is 0 Å². The molecule has 0 spiro atoms. The van der Waals surface area contributed by atoms with Gasteiger partial charge in [-0.2, -0.15) is 0 Å². The number of anilines is 1. The van der Waals surface area contributed by atoms with E-state index in [1.807, 2.05) is 19.1 Å². The molecular formula is C15H13N3O2. The lowest BCUT2D eigenvalue weighted by Crippen LogP contribution is -2.19. The third-order valence-electron chi connectivity index (χ3n) is 3.33. The maximum absolute atomic E-state index is 11.6. The fourth-order valence-electron chi connectivity index (χ4n) is 2.24. The summed E-state index contributed by atoms with van der Waals surface area (Å²) in [6.45, 7) is 2.02. The number of nitrogens with one attached hydrogen (secondary N) is 2.